The minimum absolute atomic E-state index is 0.164. The van der Waals surface area contributed by atoms with Crippen LogP contribution in [0.25, 0.3) is 6.08 Å². The zero-order chi connectivity index (χ0) is 15.2. The quantitative estimate of drug-likeness (QED) is 0.647. The van der Waals surface area contributed by atoms with Crippen LogP contribution in [0.3, 0.4) is 0 Å². The third-order valence-electron chi connectivity index (χ3n) is 3.28. The minimum atomic E-state index is -0.981. The number of nitrogens with zero attached hydrogens (tertiary/aromatic N) is 2. The summed E-state index contributed by atoms with van der Waals surface area (Å²) in [4.78, 5) is 24.5. The van der Waals surface area contributed by atoms with Gasteiger partial charge in [0.15, 0.2) is 0 Å². The Morgan fingerprint density at radius 1 is 1.24 bits per heavy atom. The molecule has 0 spiro atoms. The van der Waals surface area contributed by atoms with E-state index in [1.807, 2.05) is 29.6 Å². The SMILES string of the molecule is N#C/C(=C/c1ccc(N2CCCC2)cc1)C(=O)NC(N)=O. The number of urea groups is 1. The molecule has 0 aliphatic carbocycles. The summed E-state index contributed by atoms with van der Waals surface area (Å²) in [5, 5.41) is 10.8. The molecule has 1 fully saturated rings. The molecule has 0 saturated carbocycles. The first kappa shape index (κ1) is 14.6. The second-order valence-electron chi connectivity index (χ2n) is 4.77. The maximum Gasteiger partial charge on any atom is 0.319 e. The number of imide groups is 1. The molecular weight excluding hydrogens is 268 g/mol. The van der Waals surface area contributed by atoms with Gasteiger partial charge in [0.1, 0.15) is 11.6 Å². The molecule has 108 valence electrons. The van der Waals surface area contributed by atoms with Gasteiger partial charge in [-0.25, -0.2) is 4.79 Å². The van der Waals surface area contributed by atoms with Gasteiger partial charge >= 0.3 is 6.03 Å². The Labute approximate surface area is 122 Å². The molecule has 1 aliphatic rings. The molecule has 1 aromatic rings. The normalized spacial score (nSPS) is 14.6. The van der Waals surface area contributed by atoms with Crippen molar-refractivity contribution in [2.45, 2.75) is 12.8 Å². The standard InChI is InChI=1S/C15H16N4O2/c16-10-12(14(20)18-15(17)21)9-11-3-5-13(6-4-11)19-7-1-2-8-19/h3-6,9H,1-2,7-8H2,(H3,17,18,20,21)/b12-9-. The van der Waals surface area contributed by atoms with Crippen molar-refractivity contribution >= 4 is 23.7 Å². The van der Waals surface area contributed by atoms with Crippen LogP contribution in [0.2, 0.25) is 0 Å². The molecule has 1 aromatic carbocycles. The molecule has 0 unspecified atom stereocenters. The largest absolute Gasteiger partial charge is 0.372 e. The Morgan fingerprint density at radius 2 is 1.86 bits per heavy atom. The summed E-state index contributed by atoms with van der Waals surface area (Å²) in [6, 6.07) is 8.36. The van der Waals surface area contributed by atoms with Gasteiger partial charge in [-0.05, 0) is 36.6 Å². The molecule has 6 nitrogen and oxygen atoms in total. The van der Waals surface area contributed by atoms with Crippen molar-refractivity contribution in [2.75, 3.05) is 18.0 Å². The van der Waals surface area contributed by atoms with Crippen molar-refractivity contribution in [3.63, 3.8) is 0 Å². The molecule has 0 radical (unpaired) electrons. The molecule has 0 atom stereocenters. The van der Waals surface area contributed by atoms with E-state index < -0.39 is 11.9 Å². The highest BCUT2D eigenvalue weighted by Gasteiger charge is 2.13. The Bertz CT molecular complexity index is 608. The Hall–Kier alpha value is -2.81. The van der Waals surface area contributed by atoms with Gasteiger partial charge in [0.25, 0.3) is 5.91 Å². The first-order valence-electron chi connectivity index (χ1n) is 6.68. The van der Waals surface area contributed by atoms with Crippen LogP contribution in [-0.4, -0.2) is 25.0 Å². The molecule has 1 heterocycles. The average Bonchev–Trinajstić information content (AvgIpc) is 2.98. The number of primary amides is 1. The third kappa shape index (κ3) is 3.83. The van der Waals surface area contributed by atoms with E-state index in [1.54, 1.807) is 6.07 Å². The Morgan fingerprint density at radius 3 is 2.38 bits per heavy atom. The molecule has 1 saturated heterocycles. The maximum atomic E-state index is 11.6. The van der Waals surface area contributed by atoms with Crippen molar-refractivity contribution in [1.29, 1.82) is 5.26 Å². The van der Waals surface area contributed by atoms with Crippen LogP contribution in [0.1, 0.15) is 18.4 Å². The molecule has 6 heteroatoms. The average molecular weight is 284 g/mol. The van der Waals surface area contributed by atoms with Crippen LogP contribution in [0, 0.1) is 11.3 Å². The van der Waals surface area contributed by atoms with Gasteiger partial charge in [-0.3, -0.25) is 10.1 Å². The second-order valence-corrected chi connectivity index (χ2v) is 4.77. The number of nitrogens with one attached hydrogen (secondary N) is 1. The van der Waals surface area contributed by atoms with Crippen molar-refractivity contribution in [3.05, 3.63) is 35.4 Å². The van der Waals surface area contributed by atoms with Gasteiger partial charge in [0, 0.05) is 18.8 Å². The number of carbonyl (C=O) groups excluding carboxylic acids is 2. The van der Waals surface area contributed by atoms with Crippen LogP contribution in [0.4, 0.5) is 10.5 Å². The fourth-order valence-electron chi connectivity index (χ4n) is 2.25. The topological polar surface area (TPSA) is 99.2 Å². The summed E-state index contributed by atoms with van der Waals surface area (Å²) in [7, 11) is 0. The van der Waals surface area contributed by atoms with E-state index in [0.29, 0.717) is 5.56 Å². The lowest BCUT2D eigenvalue weighted by Gasteiger charge is -2.17. The summed E-state index contributed by atoms with van der Waals surface area (Å²) in [5.41, 5.74) is 6.54. The molecule has 0 aromatic heterocycles. The predicted molar refractivity (Wildman–Crippen MR) is 79.2 cm³/mol. The number of carbonyl (C=O) groups is 2. The monoisotopic (exact) mass is 284 g/mol. The van der Waals surface area contributed by atoms with Gasteiger partial charge in [-0.2, -0.15) is 5.26 Å². The Balaban J connectivity index is 2.13. The van der Waals surface area contributed by atoms with E-state index in [-0.39, 0.29) is 5.57 Å². The summed E-state index contributed by atoms with van der Waals surface area (Å²) in [5.74, 6) is -0.798. The fourth-order valence-corrected chi connectivity index (χ4v) is 2.25. The van der Waals surface area contributed by atoms with Crippen LogP contribution < -0.4 is 16.0 Å². The molecule has 21 heavy (non-hydrogen) atoms. The molecule has 1 aliphatic heterocycles. The first-order valence-corrected chi connectivity index (χ1v) is 6.68. The zero-order valence-corrected chi connectivity index (χ0v) is 11.5. The number of benzene rings is 1. The van der Waals surface area contributed by atoms with Gasteiger partial charge in [0.2, 0.25) is 0 Å². The van der Waals surface area contributed by atoms with Crippen LogP contribution >= 0.6 is 0 Å². The van der Waals surface area contributed by atoms with Gasteiger partial charge in [0.05, 0.1) is 0 Å². The predicted octanol–water partition coefficient (Wildman–Crippen LogP) is 1.39. The van der Waals surface area contributed by atoms with Crippen LogP contribution in [0.5, 0.6) is 0 Å². The highest BCUT2D eigenvalue weighted by atomic mass is 16.2. The van der Waals surface area contributed by atoms with Crippen molar-refractivity contribution in [1.82, 2.24) is 5.32 Å². The van der Waals surface area contributed by atoms with Crippen molar-refractivity contribution in [3.8, 4) is 6.07 Å². The second kappa shape index (κ2) is 6.57. The number of rotatable bonds is 3. The lowest BCUT2D eigenvalue weighted by atomic mass is 10.1. The summed E-state index contributed by atoms with van der Waals surface area (Å²) >= 11 is 0. The fraction of sp³-hybridized carbons (Fsp3) is 0.267. The number of nitriles is 1. The van der Waals surface area contributed by atoms with Gasteiger partial charge in [-0.1, -0.05) is 12.1 Å². The van der Waals surface area contributed by atoms with Crippen LogP contribution in [0.15, 0.2) is 29.8 Å². The smallest absolute Gasteiger partial charge is 0.319 e. The van der Waals surface area contributed by atoms with Crippen molar-refractivity contribution in [2.24, 2.45) is 5.73 Å². The lowest BCUT2D eigenvalue weighted by molar-refractivity contribution is -0.115. The lowest BCUT2D eigenvalue weighted by Crippen LogP contribution is -2.35. The van der Waals surface area contributed by atoms with E-state index in [9.17, 15) is 9.59 Å². The summed E-state index contributed by atoms with van der Waals surface area (Å²) < 4.78 is 0. The molecule has 3 amide bonds. The maximum absolute atomic E-state index is 11.6. The molecule has 3 N–H and O–H groups in total. The Kier molecular flexibility index (Phi) is 4.57. The molecular formula is C15H16N4O2. The van der Waals surface area contributed by atoms with E-state index in [2.05, 4.69) is 4.90 Å². The van der Waals surface area contributed by atoms with E-state index in [0.717, 1.165) is 18.8 Å². The highest BCUT2D eigenvalue weighted by molar-refractivity contribution is 6.08. The number of hydrogen-bond donors (Lipinski definition) is 2. The number of amides is 3. The highest BCUT2D eigenvalue weighted by Crippen LogP contribution is 2.21. The zero-order valence-electron chi connectivity index (χ0n) is 11.5. The number of anilines is 1. The van der Waals surface area contributed by atoms with Crippen molar-refractivity contribution < 1.29 is 9.59 Å². The van der Waals surface area contributed by atoms with Crippen LogP contribution in [-0.2, 0) is 4.79 Å². The molecule has 2 rings (SSSR count). The first-order chi connectivity index (χ1) is 10.1. The number of hydrogen-bond acceptors (Lipinski definition) is 4. The third-order valence-corrected chi connectivity index (χ3v) is 3.28. The van der Waals surface area contributed by atoms with Gasteiger partial charge in [-0.15, -0.1) is 0 Å². The van der Waals surface area contributed by atoms with Gasteiger partial charge < -0.3 is 10.6 Å². The van der Waals surface area contributed by atoms with E-state index >= 15 is 0 Å². The molecule has 0 bridgehead atoms. The summed E-state index contributed by atoms with van der Waals surface area (Å²) in [6.07, 6.45) is 3.83. The minimum Gasteiger partial charge on any atom is -0.372 e. The number of nitrogens with two attached hydrogens (primary N) is 1. The van der Waals surface area contributed by atoms with E-state index in [1.165, 1.54) is 18.9 Å². The van der Waals surface area contributed by atoms with E-state index in [4.69, 9.17) is 11.0 Å². The summed E-state index contributed by atoms with van der Waals surface area (Å²) in [6.45, 7) is 2.11.